The van der Waals surface area contributed by atoms with Gasteiger partial charge in [-0.15, -0.1) is 0 Å². The molecule has 1 saturated heterocycles. The molecule has 116 valence electrons. The highest BCUT2D eigenvalue weighted by molar-refractivity contribution is 5.95. The maximum absolute atomic E-state index is 12.4. The number of hydrogen-bond donors (Lipinski definition) is 0. The zero-order chi connectivity index (χ0) is 15.5. The summed E-state index contributed by atoms with van der Waals surface area (Å²) in [7, 11) is 1.64. The molecule has 1 amide bonds. The fraction of sp³-hybridized carbons (Fsp3) is 0.467. The van der Waals surface area contributed by atoms with E-state index in [1.807, 2.05) is 13.0 Å². The van der Waals surface area contributed by atoms with Gasteiger partial charge in [0.05, 0.1) is 18.1 Å². The van der Waals surface area contributed by atoms with Crippen LogP contribution in [0.15, 0.2) is 23.0 Å². The number of aromatic nitrogens is 3. The zero-order valence-corrected chi connectivity index (χ0v) is 12.7. The summed E-state index contributed by atoms with van der Waals surface area (Å²) >= 11 is 0. The van der Waals surface area contributed by atoms with Crippen LogP contribution >= 0.6 is 0 Å². The van der Waals surface area contributed by atoms with Crippen LogP contribution < -0.4 is 0 Å². The number of nitrogens with zero attached hydrogens (tertiary/aromatic N) is 4. The Morgan fingerprint density at radius 2 is 2.32 bits per heavy atom. The third kappa shape index (κ3) is 2.85. The Bertz CT molecular complexity index is 664. The molecule has 0 N–H and O–H groups in total. The van der Waals surface area contributed by atoms with Crippen molar-refractivity contribution in [2.24, 2.45) is 0 Å². The van der Waals surface area contributed by atoms with E-state index >= 15 is 0 Å². The van der Waals surface area contributed by atoms with Crippen molar-refractivity contribution in [3.63, 3.8) is 0 Å². The lowest BCUT2D eigenvalue weighted by Gasteiger charge is -2.37. The van der Waals surface area contributed by atoms with Crippen LogP contribution in [0.3, 0.4) is 0 Å². The summed E-state index contributed by atoms with van der Waals surface area (Å²) in [4.78, 5) is 22.5. The lowest BCUT2D eigenvalue weighted by atomic mass is 9.98. The first-order valence-electron chi connectivity index (χ1n) is 7.20. The molecule has 1 aliphatic heterocycles. The molecule has 0 radical (unpaired) electrons. The first-order chi connectivity index (χ1) is 10.7. The molecule has 1 aliphatic rings. The second kappa shape index (κ2) is 6.23. The number of likely N-dealkylation sites (tertiary alicyclic amines) is 1. The lowest BCUT2D eigenvalue weighted by molar-refractivity contribution is 0.0568. The predicted octanol–water partition coefficient (Wildman–Crippen LogP) is 1.20. The highest BCUT2D eigenvalue weighted by Crippen LogP contribution is 2.27. The van der Waals surface area contributed by atoms with Crippen LogP contribution in [0.4, 0.5) is 0 Å². The Morgan fingerprint density at radius 1 is 1.50 bits per heavy atom. The van der Waals surface area contributed by atoms with Gasteiger partial charge in [0, 0.05) is 39.0 Å². The van der Waals surface area contributed by atoms with Crippen LogP contribution in [0.2, 0.25) is 0 Å². The van der Waals surface area contributed by atoms with Gasteiger partial charge in [0.15, 0.2) is 5.82 Å². The molecule has 0 saturated carbocycles. The number of carbonyl (C=O) groups excluding carboxylic acids is 1. The standard InChI is InChI=1S/C15H18N4O3/c1-10-3-5-16-7-12(10)15(20)19-8-11(9-19)14-17-13(18-22-14)4-6-21-2/h3,5,7,11H,4,6,8-9H2,1-2H3. The Labute approximate surface area is 128 Å². The highest BCUT2D eigenvalue weighted by atomic mass is 16.5. The van der Waals surface area contributed by atoms with E-state index in [-0.39, 0.29) is 11.8 Å². The number of hydrogen-bond acceptors (Lipinski definition) is 6. The van der Waals surface area contributed by atoms with Gasteiger partial charge in [-0.1, -0.05) is 5.16 Å². The van der Waals surface area contributed by atoms with Crippen molar-refractivity contribution in [1.29, 1.82) is 0 Å². The average Bonchev–Trinajstić information content (AvgIpc) is 2.92. The summed E-state index contributed by atoms with van der Waals surface area (Å²) in [6.07, 6.45) is 3.93. The van der Waals surface area contributed by atoms with Gasteiger partial charge < -0.3 is 14.2 Å². The van der Waals surface area contributed by atoms with E-state index in [1.54, 1.807) is 24.4 Å². The zero-order valence-electron chi connectivity index (χ0n) is 12.7. The van der Waals surface area contributed by atoms with Crippen LogP contribution in [-0.4, -0.2) is 52.7 Å². The number of methoxy groups -OCH3 is 1. The average molecular weight is 302 g/mol. The molecule has 0 aliphatic carbocycles. The molecule has 1 fully saturated rings. The first kappa shape index (κ1) is 14.6. The number of amides is 1. The molecular formula is C15H18N4O3. The Hall–Kier alpha value is -2.28. The SMILES string of the molecule is COCCc1noc(C2CN(C(=O)c3cnccc3C)C2)n1. The first-order valence-corrected chi connectivity index (χ1v) is 7.20. The van der Waals surface area contributed by atoms with Crippen molar-refractivity contribution >= 4 is 5.91 Å². The molecule has 3 rings (SSSR count). The van der Waals surface area contributed by atoms with Crippen LogP contribution in [0.25, 0.3) is 0 Å². The monoisotopic (exact) mass is 302 g/mol. The molecule has 0 atom stereocenters. The fourth-order valence-electron chi connectivity index (χ4n) is 2.39. The van der Waals surface area contributed by atoms with Gasteiger partial charge in [-0.2, -0.15) is 4.98 Å². The Kier molecular flexibility index (Phi) is 4.15. The van der Waals surface area contributed by atoms with Crippen molar-refractivity contribution in [3.8, 4) is 0 Å². The van der Waals surface area contributed by atoms with Gasteiger partial charge in [0.25, 0.3) is 5.91 Å². The quantitative estimate of drug-likeness (QED) is 0.825. The summed E-state index contributed by atoms with van der Waals surface area (Å²) < 4.78 is 10.2. The van der Waals surface area contributed by atoms with Crippen LogP contribution in [0.5, 0.6) is 0 Å². The van der Waals surface area contributed by atoms with Gasteiger partial charge in [0.1, 0.15) is 0 Å². The molecule has 2 aromatic heterocycles. The number of ether oxygens (including phenoxy) is 1. The summed E-state index contributed by atoms with van der Waals surface area (Å²) in [5.74, 6) is 1.36. The van der Waals surface area contributed by atoms with Gasteiger partial charge >= 0.3 is 0 Å². The van der Waals surface area contributed by atoms with Crippen LogP contribution in [0, 0.1) is 6.92 Å². The highest BCUT2D eigenvalue weighted by Gasteiger charge is 2.36. The largest absolute Gasteiger partial charge is 0.384 e. The molecule has 3 heterocycles. The summed E-state index contributed by atoms with van der Waals surface area (Å²) in [6, 6.07) is 1.84. The van der Waals surface area contributed by atoms with E-state index in [0.29, 0.717) is 43.4 Å². The van der Waals surface area contributed by atoms with Gasteiger partial charge in [-0.3, -0.25) is 9.78 Å². The van der Waals surface area contributed by atoms with Crippen molar-refractivity contribution in [2.45, 2.75) is 19.3 Å². The molecule has 7 nitrogen and oxygen atoms in total. The maximum atomic E-state index is 12.4. The molecule has 22 heavy (non-hydrogen) atoms. The summed E-state index contributed by atoms with van der Waals surface area (Å²) in [6.45, 7) is 3.67. The van der Waals surface area contributed by atoms with Gasteiger partial charge in [0.2, 0.25) is 5.89 Å². The van der Waals surface area contributed by atoms with Crippen LogP contribution in [-0.2, 0) is 11.2 Å². The maximum Gasteiger partial charge on any atom is 0.255 e. The molecule has 7 heteroatoms. The predicted molar refractivity (Wildman–Crippen MR) is 77.5 cm³/mol. The summed E-state index contributed by atoms with van der Waals surface area (Å²) in [5.41, 5.74) is 1.58. The number of pyridine rings is 1. The minimum absolute atomic E-state index is 0.000900. The minimum atomic E-state index is 0.000900. The molecule has 0 unspecified atom stereocenters. The van der Waals surface area contributed by atoms with E-state index in [9.17, 15) is 4.79 Å². The van der Waals surface area contributed by atoms with Crippen LogP contribution in [0.1, 0.15) is 33.6 Å². The van der Waals surface area contributed by atoms with E-state index in [0.717, 1.165) is 5.56 Å². The van der Waals surface area contributed by atoms with Gasteiger partial charge in [-0.05, 0) is 18.6 Å². The number of aryl methyl sites for hydroxylation is 1. The second-order valence-electron chi connectivity index (χ2n) is 5.39. The van der Waals surface area contributed by atoms with Crippen molar-refractivity contribution in [1.82, 2.24) is 20.0 Å². The van der Waals surface area contributed by atoms with E-state index in [4.69, 9.17) is 9.26 Å². The van der Waals surface area contributed by atoms with Crippen molar-refractivity contribution in [2.75, 3.05) is 26.8 Å². The topological polar surface area (TPSA) is 81.4 Å². The number of carbonyl (C=O) groups is 1. The van der Waals surface area contributed by atoms with Crippen molar-refractivity contribution < 1.29 is 14.1 Å². The minimum Gasteiger partial charge on any atom is -0.384 e. The molecule has 2 aromatic rings. The normalized spacial score (nSPS) is 14.9. The third-order valence-corrected chi connectivity index (χ3v) is 3.80. The van der Waals surface area contributed by atoms with E-state index in [2.05, 4.69) is 15.1 Å². The molecule has 0 spiro atoms. The summed E-state index contributed by atoms with van der Waals surface area (Å²) in [5, 5.41) is 3.92. The van der Waals surface area contributed by atoms with E-state index in [1.165, 1.54) is 0 Å². The Balaban J connectivity index is 1.59. The van der Waals surface area contributed by atoms with Gasteiger partial charge in [-0.25, -0.2) is 0 Å². The number of rotatable bonds is 5. The molecule has 0 bridgehead atoms. The Morgan fingerprint density at radius 3 is 3.05 bits per heavy atom. The molecular weight excluding hydrogens is 284 g/mol. The lowest BCUT2D eigenvalue weighted by Crippen LogP contribution is -2.48. The fourth-order valence-corrected chi connectivity index (χ4v) is 2.39. The second-order valence-corrected chi connectivity index (χ2v) is 5.39. The van der Waals surface area contributed by atoms with Crippen molar-refractivity contribution in [3.05, 3.63) is 41.3 Å². The smallest absolute Gasteiger partial charge is 0.255 e. The third-order valence-electron chi connectivity index (χ3n) is 3.80. The van der Waals surface area contributed by atoms with E-state index < -0.39 is 0 Å². The molecule has 0 aromatic carbocycles.